The molecule has 0 atom stereocenters. The summed E-state index contributed by atoms with van der Waals surface area (Å²) < 4.78 is 0. The lowest BCUT2D eigenvalue weighted by Gasteiger charge is -2.07. The van der Waals surface area contributed by atoms with Gasteiger partial charge < -0.3 is 5.11 Å². The van der Waals surface area contributed by atoms with Gasteiger partial charge in [-0.3, -0.25) is 19.3 Å². The molecule has 0 saturated carbocycles. The molecule has 1 fully saturated rings. The fraction of sp³-hybridized carbons (Fsp3) is 0.154. The molecule has 20 heavy (non-hydrogen) atoms. The second kappa shape index (κ2) is 6.15. The van der Waals surface area contributed by atoms with Crippen molar-refractivity contribution < 1.29 is 19.5 Å². The smallest absolute Gasteiger partial charge is 0.323 e. The average Bonchev–Trinajstić information content (AvgIpc) is 2.67. The number of nitrogens with zero attached hydrogens (tertiary/aromatic N) is 1. The van der Waals surface area contributed by atoms with E-state index in [2.05, 4.69) is 0 Å². The van der Waals surface area contributed by atoms with Gasteiger partial charge >= 0.3 is 5.97 Å². The van der Waals surface area contributed by atoms with Crippen LogP contribution >= 0.6 is 23.5 Å². The van der Waals surface area contributed by atoms with Gasteiger partial charge in [0.15, 0.2) is 0 Å². The molecular formula is C13H11NO4S2. The van der Waals surface area contributed by atoms with E-state index in [9.17, 15) is 14.4 Å². The summed E-state index contributed by atoms with van der Waals surface area (Å²) in [5, 5.41) is 8.11. The van der Waals surface area contributed by atoms with E-state index in [-0.39, 0.29) is 4.91 Å². The van der Waals surface area contributed by atoms with Gasteiger partial charge in [-0.25, -0.2) is 0 Å². The second-order valence-electron chi connectivity index (χ2n) is 3.93. The van der Waals surface area contributed by atoms with Gasteiger partial charge in [0.2, 0.25) is 0 Å². The summed E-state index contributed by atoms with van der Waals surface area (Å²) in [5.74, 6) is -1.77. The first-order chi connectivity index (χ1) is 9.51. The number of carboxylic acid groups (broad SMARTS) is 1. The fourth-order valence-corrected chi connectivity index (χ4v) is 2.87. The molecule has 1 saturated heterocycles. The number of amides is 2. The molecule has 0 aromatic heterocycles. The lowest BCUT2D eigenvalue weighted by Crippen LogP contribution is -2.33. The van der Waals surface area contributed by atoms with Crippen LogP contribution in [0.15, 0.2) is 34.1 Å². The maximum absolute atomic E-state index is 11.9. The SMILES string of the molecule is CSc1ccc(/C=C2\SC(=O)N(CC(=O)O)C2=O)cc1. The van der Waals surface area contributed by atoms with Crippen LogP contribution < -0.4 is 0 Å². The number of hydrogen-bond donors (Lipinski definition) is 1. The molecule has 2 amide bonds. The largest absolute Gasteiger partial charge is 0.480 e. The Bertz CT molecular complexity index is 595. The van der Waals surface area contributed by atoms with E-state index in [0.29, 0.717) is 0 Å². The molecule has 0 aliphatic carbocycles. The van der Waals surface area contributed by atoms with Crippen molar-refractivity contribution in [2.24, 2.45) is 0 Å². The number of imide groups is 1. The molecule has 0 radical (unpaired) electrons. The highest BCUT2D eigenvalue weighted by molar-refractivity contribution is 8.18. The highest BCUT2D eigenvalue weighted by atomic mass is 32.2. The summed E-state index contributed by atoms with van der Waals surface area (Å²) in [6.07, 6.45) is 3.56. The second-order valence-corrected chi connectivity index (χ2v) is 5.81. The van der Waals surface area contributed by atoms with Crippen molar-refractivity contribution in [3.63, 3.8) is 0 Å². The van der Waals surface area contributed by atoms with Crippen molar-refractivity contribution >= 4 is 46.7 Å². The summed E-state index contributed by atoms with van der Waals surface area (Å²) in [5.41, 5.74) is 0.795. The fourth-order valence-electron chi connectivity index (χ4n) is 1.62. The van der Waals surface area contributed by atoms with E-state index >= 15 is 0 Å². The normalized spacial score (nSPS) is 17.1. The van der Waals surface area contributed by atoms with Crippen LogP contribution in [0.3, 0.4) is 0 Å². The molecule has 5 nitrogen and oxygen atoms in total. The molecule has 2 rings (SSSR count). The van der Waals surface area contributed by atoms with Crippen molar-refractivity contribution in [3.8, 4) is 0 Å². The third-order valence-electron chi connectivity index (χ3n) is 2.58. The Hall–Kier alpha value is -1.73. The lowest BCUT2D eigenvalue weighted by atomic mass is 10.2. The molecule has 1 aromatic rings. The zero-order valence-electron chi connectivity index (χ0n) is 10.5. The van der Waals surface area contributed by atoms with Crippen LogP contribution in [-0.4, -0.2) is 39.9 Å². The molecule has 1 aromatic carbocycles. The van der Waals surface area contributed by atoms with Gasteiger partial charge in [-0.1, -0.05) is 12.1 Å². The van der Waals surface area contributed by atoms with E-state index in [0.717, 1.165) is 27.1 Å². The number of hydrogen-bond acceptors (Lipinski definition) is 5. The summed E-state index contributed by atoms with van der Waals surface area (Å²) in [4.78, 5) is 36.2. The van der Waals surface area contributed by atoms with E-state index in [1.807, 2.05) is 30.5 Å². The Morgan fingerprint density at radius 1 is 1.35 bits per heavy atom. The van der Waals surface area contributed by atoms with Crippen LogP contribution in [-0.2, 0) is 9.59 Å². The van der Waals surface area contributed by atoms with Gasteiger partial charge in [0.1, 0.15) is 6.54 Å². The Morgan fingerprint density at radius 2 is 2.00 bits per heavy atom. The van der Waals surface area contributed by atoms with E-state index in [1.54, 1.807) is 17.8 Å². The molecule has 1 aliphatic rings. The molecule has 0 spiro atoms. The number of benzene rings is 1. The van der Waals surface area contributed by atoms with Gasteiger partial charge in [0.25, 0.3) is 11.1 Å². The van der Waals surface area contributed by atoms with Crippen molar-refractivity contribution in [2.75, 3.05) is 12.8 Å². The van der Waals surface area contributed by atoms with Crippen LogP contribution in [0, 0.1) is 0 Å². The van der Waals surface area contributed by atoms with Crippen molar-refractivity contribution in [1.29, 1.82) is 0 Å². The minimum absolute atomic E-state index is 0.244. The zero-order valence-corrected chi connectivity index (χ0v) is 12.2. The number of carbonyl (C=O) groups excluding carboxylic acids is 2. The summed E-state index contributed by atoms with van der Waals surface area (Å²) in [6, 6.07) is 7.52. The van der Waals surface area contributed by atoms with Gasteiger partial charge in [-0.2, -0.15) is 0 Å². The molecule has 1 aliphatic heterocycles. The van der Waals surface area contributed by atoms with Gasteiger partial charge in [0, 0.05) is 4.90 Å². The molecule has 7 heteroatoms. The zero-order chi connectivity index (χ0) is 14.7. The monoisotopic (exact) mass is 309 g/mol. The van der Waals surface area contributed by atoms with Gasteiger partial charge in [-0.15, -0.1) is 11.8 Å². The maximum Gasteiger partial charge on any atom is 0.323 e. The predicted octanol–water partition coefficient (Wildman–Crippen LogP) is 2.53. The van der Waals surface area contributed by atoms with Crippen molar-refractivity contribution in [1.82, 2.24) is 4.90 Å². The van der Waals surface area contributed by atoms with Crippen LogP contribution in [0.1, 0.15) is 5.56 Å². The third-order valence-corrected chi connectivity index (χ3v) is 4.23. The summed E-state index contributed by atoms with van der Waals surface area (Å²) >= 11 is 2.37. The molecule has 0 bridgehead atoms. The van der Waals surface area contributed by atoms with Crippen molar-refractivity contribution in [2.45, 2.75) is 4.90 Å². The van der Waals surface area contributed by atoms with Gasteiger partial charge in [0.05, 0.1) is 4.91 Å². The first-order valence-electron chi connectivity index (χ1n) is 5.62. The van der Waals surface area contributed by atoms with E-state index < -0.39 is 23.7 Å². The third kappa shape index (κ3) is 3.23. The lowest BCUT2D eigenvalue weighted by molar-refractivity contribution is -0.140. The quantitative estimate of drug-likeness (QED) is 0.680. The maximum atomic E-state index is 11.9. The van der Waals surface area contributed by atoms with Crippen molar-refractivity contribution in [3.05, 3.63) is 34.7 Å². The van der Waals surface area contributed by atoms with Crippen LogP contribution in [0.25, 0.3) is 6.08 Å². The number of rotatable bonds is 4. The molecule has 1 heterocycles. The van der Waals surface area contributed by atoms with E-state index in [4.69, 9.17) is 5.11 Å². The summed E-state index contributed by atoms with van der Waals surface area (Å²) in [7, 11) is 0. The van der Waals surface area contributed by atoms with Crippen LogP contribution in [0.4, 0.5) is 4.79 Å². The topological polar surface area (TPSA) is 74.7 Å². The number of aliphatic carboxylic acids is 1. The summed E-state index contributed by atoms with van der Waals surface area (Å²) in [6.45, 7) is -0.604. The minimum Gasteiger partial charge on any atom is -0.480 e. The molecular weight excluding hydrogens is 298 g/mol. The first-order valence-corrected chi connectivity index (χ1v) is 7.66. The molecule has 1 N–H and O–H groups in total. The number of thioether (sulfide) groups is 2. The minimum atomic E-state index is -1.21. The Balaban J connectivity index is 2.20. The first kappa shape index (κ1) is 14.7. The molecule has 104 valence electrons. The Morgan fingerprint density at radius 3 is 2.55 bits per heavy atom. The molecule has 0 unspecified atom stereocenters. The number of carboxylic acids is 1. The Labute approximate surface area is 124 Å². The Kier molecular flexibility index (Phi) is 4.51. The van der Waals surface area contributed by atoms with Crippen LogP contribution in [0.5, 0.6) is 0 Å². The van der Waals surface area contributed by atoms with Gasteiger partial charge in [-0.05, 0) is 41.8 Å². The standard InChI is InChI=1S/C13H11NO4S2/c1-19-9-4-2-8(3-5-9)6-10-12(17)14(7-11(15)16)13(18)20-10/h2-6H,7H2,1H3,(H,15,16)/b10-6-. The average molecular weight is 309 g/mol. The highest BCUT2D eigenvalue weighted by Gasteiger charge is 2.36. The van der Waals surface area contributed by atoms with Crippen LogP contribution in [0.2, 0.25) is 0 Å². The number of carbonyl (C=O) groups is 3. The highest BCUT2D eigenvalue weighted by Crippen LogP contribution is 2.32. The predicted molar refractivity (Wildman–Crippen MR) is 78.5 cm³/mol. The van der Waals surface area contributed by atoms with E-state index in [1.165, 1.54) is 0 Å².